The van der Waals surface area contributed by atoms with Gasteiger partial charge < -0.3 is 20.7 Å². The first-order valence-corrected chi connectivity index (χ1v) is 9.28. The van der Waals surface area contributed by atoms with Crippen molar-refractivity contribution in [1.82, 2.24) is 15.6 Å². The lowest BCUT2D eigenvalue weighted by molar-refractivity contribution is -0.121. The first-order chi connectivity index (χ1) is 12.5. The third-order valence-electron chi connectivity index (χ3n) is 3.44. The molecule has 0 aliphatic carbocycles. The van der Waals surface area contributed by atoms with Crippen LogP contribution in [0, 0.1) is 6.92 Å². The van der Waals surface area contributed by atoms with Gasteiger partial charge in [-0.2, -0.15) is 0 Å². The lowest BCUT2D eigenvalue weighted by atomic mass is 10.2. The summed E-state index contributed by atoms with van der Waals surface area (Å²) in [5.41, 5.74) is 2.17. The fraction of sp³-hybridized carbons (Fsp3) is 0.353. The van der Waals surface area contributed by atoms with Gasteiger partial charge in [0.1, 0.15) is 5.69 Å². The number of aromatic nitrogens is 1. The molecule has 0 aliphatic heterocycles. The summed E-state index contributed by atoms with van der Waals surface area (Å²) < 4.78 is 4.85. The minimum absolute atomic E-state index is 0.139. The van der Waals surface area contributed by atoms with Gasteiger partial charge in [0.25, 0.3) is 5.91 Å². The topological polar surface area (TPSA) is 92.4 Å². The monoisotopic (exact) mass is 396 g/mol. The summed E-state index contributed by atoms with van der Waals surface area (Å²) in [5, 5.41) is 11.4. The average molecular weight is 397 g/mol. The number of hydrogen-bond acceptors (Lipinski definition) is 6. The number of rotatable bonds is 9. The SMILES string of the molecule is COCCNC(=O)CCNC(=O)c1csc(Nc2cc(Cl)ccc2C)n1. The smallest absolute Gasteiger partial charge is 0.270 e. The molecule has 2 aromatic rings. The normalized spacial score (nSPS) is 10.4. The molecule has 1 heterocycles. The quantitative estimate of drug-likeness (QED) is 0.567. The van der Waals surface area contributed by atoms with Gasteiger partial charge in [-0.15, -0.1) is 11.3 Å². The van der Waals surface area contributed by atoms with Crippen molar-refractivity contribution in [2.45, 2.75) is 13.3 Å². The number of carbonyl (C=O) groups excluding carboxylic acids is 2. The zero-order valence-corrected chi connectivity index (χ0v) is 16.2. The molecule has 0 bridgehead atoms. The summed E-state index contributed by atoms with van der Waals surface area (Å²) in [7, 11) is 1.57. The number of ether oxygens (including phenoxy) is 1. The van der Waals surface area contributed by atoms with Crippen LogP contribution in [0.3, 0.4) is 0 Å². The molecule has 1 aromatic carbocycles. The maximum Gasteiger partial charge on any atom is 0.270 e. The lowest BCUT2D eigenvalue weighted by Crippen LogP contribution is -2.32. The van der Waals surface area contributed by atoms with Gasteiger partial charge in [-0.05, 0) is 24.6 Å². The minimum atomic E-state index is -0.318. The molecule has 7 nitrogen and oxygen atoms in total. The number of methoxy groups -OCH3 is 1. The molecule has 0 atom stereocenters. The summed E-state index contributed by atoms with van der Waals surface area (Å²) in [6, 6.07) is 5.53. The number of nitrogens with zero attached hydrogens (tertiary/aromatic N) is 1. The molecule has 3 N–H and O–H groups in total. The molecule has 0 spiro atoms. The molecular weight excluding hydrogens is 376 g/mol. The Morgan fingerprint density at radius 3 is 2.85 bits per heavy atom. The van der Waals surface area contributed by atoms with Crippen LogP contribution in [0.5, 0.6) is 0 Å². The molecule has 1 aromatic heterocycles. The van der Waals surface area contributed by atoms with Crippen LogP contribution in [0.1, 0.15) is 22.5 Å². The summed E-state index contributed by atoms with van der Waals surface area (Å²) in [4.78, 5) is 27.9. The van der Waals surface area contributed by atoms with Crippen LogP contribution in [0.4, 0.5) is 10.8 Å². The summed E-state index contributed by atoms with van der Waals surface area (Å²) >= 11 is 7.32. The zero-order valence-electron chi connectivity index (χ0n) is 14.6. The highest BCUT2D eigenvalue weighted by Gasteiger charge is 2.12. The number of hydrogen-bond donors (Lipinski definition) is 3. The Morgan fingerprint density at radius 1 is 1.27 bits per heavy atom. The van der Waals surface area contributed by atoms with Crippen LogP contribution >= 0.6 is 22.9 Å². The summed E-state index contributed by atoms with van der Waals surface area (Å²) in [6.07, 6.45) is 0.201. The number of benzene rings is 1. The number of amides is 2. The van der Waals surface area contributed by atoms with Crippen molar-refractivity contribution in [2.24, 2.45) is 0 Å². The number of thiazole rings is 1. The van der Waals surface area contributed by atoms with E-state index in [0.717, 1.165) is 11.3 Å². The number of anilines is 2. The number of halogens is 1. The molecule has 0 unspecified atom stereocenters. The third-order valence-corrected chi connectivity index (χ3v) is 4.44. The number of carbonyl (C=O) groups is 2. The fourth-order valence-electron chi connectivity index (χ4n) is 2.04. The van der Waals surface area contributed by atoms with Crippen molar-refractivity contribution < 1.29 is 14.3 Å². The van der Waals surface area contributed by atoms with Crippen LogP contribution in [0.2, 0.25) is 5.02 Å². The molecule has 2 amide bonds. The second kappa shape index (κ2) is 10.1. The van der Waals surface area contributed by atoms with Crippen molar-refractivity contribution in [3.63, 3.8) is 0 Å². The molecule has 0 aliphatic rings. The molecule has 0 radical (unpaired) electrons. The first-order valence-electron chi connectivity index (χ1n) is 8.02. The fourth-order valence-corrected chi connectivity index (χ4v) is 2.92. The maximum absolute atomic E-state index is 12.1. The first kappa shape index (κ1) is 20.2. The molecule has 0 saturated carbocycles. The third kappa shape index (κ3) is 6.29. The van der Waals surface area contributed by atoms with Crippen molar-refractivity contribution in [3.05, 3.63) is 39.9 Å². The van der Waals surface area contributed by atoms with E-state index in [1.54, 1.807) is 18.6 Å². The highest BCUT2D eigenvalue weighted by molar-refractivity contribution is 7.14. The van der Waals surface area contributed by atoms with Crippen LogP contribution < -0.4 is 16.0 Å². The molecule has 9 heteroatoms. The Labute approximate surface area is 161 Å². The molecule has 2 rings (SSSR count). The molecule has 26 heavy (non-hydrogen) atoms. The van der Waals surface area contributed by atoms with Gasteiger partial charge in [-0.1, -0.05) is 17.7 Å². The Hall–Kier alpha value is -2.16. The van der Waals surface area contributed by atoms with E-state index in [1.165, 1.54) is 11.3 Å². The van der Waals surface area contributed by atoms with Crippen LogP contribution in [0.25, 0.3) is 0 Å². The van der Waals surface area contributed by atoms with E-state index in [4.69, 9.17) is 16.3 Å². The average Bonchev–Trinajstić information content (AvgIpc) is 3.07. The second-order valence-electron chi connectivity index (χ2n) is 5.47. The van der Waals surface area contributed by atoms with E-state index >= 15 is 0 Å². The van der Waals surface area contributed by atoms with Gasteiger partial charge in [0.2, 0.25) is 5.91 Å². The molecule has 0 saturated heterocycles. The molecule has 0 fully saturated rings. The van der Waals surface area contributed by atoms with E-state index in [0.29, 0.717) is 29.0 Å². The highest BCUT2D eigenvalue weighted by Crippen LogP contribution is 2.26. The van der Waals surface area contributed by atoms with E-state index in [1.807, 2.05) is 19.1 Å². The van der Waals surface area contributed by atoms with Crippen LogP contribution in [-0.4, -0.2) is 43.6 Å². The van der Waals surface area contributed by atoms with Crippen molar-refractivity contribution in [2.75, 3.05) is 32.1 Å². The van der Waals surface area contributed by atoms with Gasteiger partial charge in [-0.25, -0.2) is 4.98 Å². The van der Waals surface area contributed by atoms with E-state index in [9.17, 15) is 9.59 Å². The van der Waals surface area contributed by atoms with Gasteiger partial charge >= 0.3 is 0 Å². The van der Waals surface area contributed by atoms with Gasteiger partial charge in [0.05, 0.1) is 6.61 Å². The van der Waals surface area contributed by atoms with E-state index < -0.39 is 0 Å². The molecule has 140 valence electrons. The van der Waals surface area contributed by atoms with Crippen molar-refractivity contribution in [3.8, 4) is 0 Å². The Kier molecular flexibility index (Phi) is 7.83. The van der Waals surface area contributed by atoms with Crippen molar-refractivity contribution >= 4 is 45.6 Å². The van der Waals surface area contributed by atoms with Gasteiger partial charge in [0.15, 0.2) is 5.13 Å². The Bertz CT molecular complexity index is 766. The Morgan fingerprint density at radius 2 is 2.08 bits per heavy atom. The Balaban J connectivity index is 1.82. The lowest BCUT2D eigenvalue weighted by Gasteiger charge is -2.07. The van der Waals surface area contributed by atoms with Crippen LogP contribution in [-0.2, 0) is 9.53 Å². The van der Waals surface area contributed by atoms with Gasteiger partial charge in [0, 0.05) is 42.7 Å². The maximum atomic E-state index is 12.1. The van der Waals surface area contributed by atoms with Gasteiger partial charge in [-0.3, -0.25) is 9.59 Å². The highest BCUT2D eigenvalue weighted by atomic mass is 35.5. The number of aryl methyl sites for hydroxylation is 1. The summed E-state index contributed by atoms with van der Waals surface area (Å²) in [5.74, 6) is -0.457. The van der Waals surface area contributed by atoms with E-state index in [2.05, 4.69) is 20.9 Å². The second-order valence-corrected chi connectivity index (χ2v) is 6.77. The number of nitrogens with one attached hydrogen (secondary N) is 3. The van der Waals surface area contributed by atoms with Crippen LogP contribution in [0.15, 0.2) is 23.6 Å². The molecular formula is C17H21ClN4O3S. The zero-order chi connectivity index (χ0) is 18.9. The predicted molar refractivity (Wildman–Crippen MR) is 103 cm³/mol. The van der Waals surface area contributed by atoms with E-state index in [-0.39, 0.29) is 24.8 Å². The largest absolute Gasteiger partial charge is 0.383 e. The predicted octanol–water partition coefficient (Wildman–Crippen LogP) is 2.73. The minimum Gasteiger partial charge on any atom is -0.383 e. The standard InChI is InChI=1S/C17H21ClN4O3S/c1-11-3-4-12(18)9-13(11)21-17-22-14(10-26-17)16(24)20-6-5-15(23)19-7-8-25-2/h3-4,9-10H,5-8H2,1-2H3,(H,19,23)(H,20,24)(H,21,22). The summed E-state index contributed by atoms with van der Waals surface area (Å²) in [6.45, 7) is 3.11. The van der Waals surface area contributed by atoms with Crippen molar-refractivity contribution in [1.29, 1.82) is 0 Å².